The number of aliphatic hydroxyl groups is 1. The highest BCUT2D eigenvalue weighted by atomic mass is 127. The Morgan fingerprint density at radius 3 is 2.69 bits per heavy atom. The molecule has 1 rings (SSSR count). The second kappa shape index (κ2) is 4.34. The van der Waals surface area contributed by atoms with Crippen molar-refractivity contribution in [1.82, 2.24) is 0 Å². The molecule has 13 heavy (non-hydrogen) atoms. The third-order valence-electron chi connectivity index (χ3n) is 1.84. The average Bonchev–Trinajstić information content (AvgIpc) is 2.08. The first kappa shape index (κ1) is 10.9. The number of benzene rings is 1. The van der Waals surface area contributed by atoms with E-state index < -0.39 is 12.1 Å². The second-order valence-corrected chi connectivity index (χ2v) is 4.18. The molecule has 2 nitrogen and oxygen atoms in total. The molecule has 0 heterocycles. The lowest BCUT2D eigenvalue weighted by Crippen LogP contribution is -2.24. The summed E-state index contributed by atoms with van der Waals surface area (Å²) >= 11 is 2.07. The molecular weight excluding hydrogens is 284 g/mol. The minimum atomic E-state index is -0.743. The lowest BCUT2D eigenvalue weighted by atomic mass is 10.0. The summed E-state index contributed by atoms with van der Waals surface area (Å²) in [4.78, 5) is 0. The van der Waals surface area contributed by atoms with E-state index in [4.69, 9.17) is 5.73 Å². The fourth-order valence-electron chi connectivity index (χ4n) is 1.03. The van der Waals surface area contributed by atoms with Gasteiger partial charge in [-0.3, -0.25) is 0 Å². The fourth-order valence-corrected chi connectivity index (χ4v) is 1.55. The number of hydrogen-bond donors (Lipinski definition) is 2. The smallest absolute Gasteiger partial charge is 0.128 e. The molecular formula is C9H11FINO. The van der Waals surface area contributed by atoms with Crippen LogP contribution in [0.15, 0.2) is 18.2 Å². The summed E-state index contributed by atoms with van der Waals surface area (Å²) in [6, 6.07) is 4.01. The highest BCUT2D eigenvalue weighted by molar-refractivity contribution is 14.1. The van der Waals surface area contributed by atoms with Gasteiger partial charge in [-0.25, -0.2) is 4.39 Å². The van der Waals surface area contributed by atoms with Crippen LogP contribution in [-0.2, 0) is 0 Å². The molecule has 0 unspecified atom stereocenters. The number of rotatable bonds is 2. The Balaban J connectivity index is 3.05. The van der Waals surface area contributed by atoms with Gasteiger partial charge in [0.05, 0.1) is 12.1 Å². The summed E-state index contributed by atoms with van der Waals surface area (Å²) in [5, 5.41) is 9.20. The Hall–Kier alpha value is -0.200. The molecule has 3 N–H and O–H groups in total. The predicted molar refractivity (Wildman–Crippen MR) is 57.7 cm³/mol. The number of halogens is 2. The van der Waals surface area contributed by atoms with E-state index in [1.165, 1.54) is 6.07 Å². The summed E-state index contributed by atoms with van der Waals surface area (Å²) in [7, 11) is 0. The average molecular weight is 295 g/mol. The number of nitrogens with two attached hydrogens (primary N) is 1. The van der Waals surface area contributed by atoms with Crippen molar-refractivity contribution in [3.63, 3.8) is 0 Å². The van der Waals surface area contributed by atoms with Crippen LogP contribution in [0.2, 0.25) is 0 Å². The standard InChI is InChI=1S/C9H11FINO/c1-5(13)9(12)7-4-6(11)2-3-8(7)10/h2-5,9,13H,12H2,1H3/t5-,9+/m1/s1. The molecule has 0 spiro atoms. The van der Waals surface area contributed by atoms with Crippen molar-refractivity contribution in [3.05, 3.63) is 33.1 Å². The Bertz CT molecular complexity index is 304. The molecule has 4 heteroatoms. The second-order valence-electron chi connectivity index (χ2n) is 2.93. The van der Waals surface area contributed by atoms with Crippen LogP contribution in [0.3, 0.4) is 0 Å². The normalized spacial score (nSPS) is 15.5. The Labute approximate surface area is 90.1 Å². The molecule has 0 saturated heterocycles. The molecule has 1 aromatic carbocycles. The van der Waals surface area contributed by atoms with Crippen LogP contribution < -0.4 is 5.73 Å². The molecule has 2 atom stereocenters. The van der Waals surface area contributed by atoms with E-state index >= 15 is 0 Å². The van der Waals surface area contributed by atoms with Crippen LogP contribution in [0.25, 0.3) is 0 Å². The first-order valence-electron chi connectivity index (χ1n) is 3.91. The van der Waals surface area contributed by atoms with Gasteiger partial charge in [0.1, 0.15) is 5.82 Å². The third kappa shape index (κ3) is 2.62. The van der Waals surface area contributed by atoms with Crippen LogP contribution in [0.4, 0.5) is 4.39 Å². The van der Waals surface area contributed by atoms with E-state index in [2.05, 4.69) is 22.6 Å². The Morgan fingerprint density at radius 1 is 1.54 bits per heavy atom. The zero-order valence-electron chi connectivity index (χ0n) is 7.17. The maximum absolute atomic E-state index is 13.2. The van der Waals surface area contributed by atoms with Gasteiger partial charge in [0, 0.05) is 9.13 Å². The molecule has 0 saturated carbocycles. The van der Waals surface area contributed by atoms with Crippen molar-refractivity contribution in [1.29, 1.82) is 0 Å². The van der Waals surface area contributed by atoms with Crippen LogP contribution in [0.5, 0.6) is 0 Å². The summed E-state index contributed by atoms with van der Waals surface area (Å²) < 4.78 is 14.1. The van der Waals surface area contributed by atoms with Crippen LogP contribution >= 0.6 is 22.6 Å². The number of hydrogen-bond acceptors (Lipinski definition) is 2. The third-order valence-corrected chi connectivity index (χ3v) is 2.51. The van der Waals surface area contributed by atoms with Crippen molar-refractivity contribution >= 4 is 22.6 Å². The molecule has 0 aliphatic heterocycles. The van der Waals surface area contributed by atoms with Gasteiger partial charge < -0.3 is 10.8 Å². The van der Waals surface area contributed by atoms with Gasteiger partial charge in [-0.05, 0) is 47.7 Å². The maximum atomic E-state index is 13.2. The van der Waals surface area contributed by atoms with Crippen molar-refractivity contribution in [2.24, 2.45) is 5.73 Å². The molecule has 72 valence electrons. The highest BCUT2D eigenvalue weighted by Gasteiger charge is 2.16. The van der Waals surface area contributed by atoms with Gasteiger partial charge in [-0.15, -0.1) is 0 Å². The predicted octanol–water partition coefficient (Wildman–Crippen LogP) is 1.81. The minimum Gasteiger partial charge on any atom is -0.391 e. The van der Waals surface area contributed by atoms with E-state index in [1.807, 2.05) is 0 Å². The van der Waals surface area contributed by atoms with Crippen LogP contribution in [-0.4, -0.2) is 11.2 Å². The quantitative estimate of drug-likeness (QED) is 0.817. The van der Waals surface area contributed by atoms with Gasteiger partial charge >= 0.3 is 0 Å². The fraction of sp³-hybridized carbons (Fsp3) is 0.333. The monoisotopic (exact) mass is 295 g/mol. The lowest BCUT2D eigenvalue weighted by Gasteiger charge is -2.15. The molecule has 0 bridgehead atoms. The molecule has 0 fully saturated rings. The van der Waals surface area contributed by atoms with E-state index in [9.17, 15) is 9.50 Å². The highest BCUT2D eigenvalue weighted by Crippen LogP contribution is 2.20. The topological polar surface area (TPSA) is 46.2 Å². The van der Waals surface area contributed by atoms with E-state index in [-0.39, 0.29) is 5.82 Å². The van der Waals surface area contributed by atoms with Gasteiger partial charge in [0.2, 0.25) is 0 Å². The van der Waals surface area contributed by atoms with Crippen molar-refractivity contribution in [2.75, 3.05) is 0 Å². The summed E-state index contributed by atoms with van der Waals surface area (Å²) in [5.41, 5.74) is 5.98. The SMILES string of the molecule is C[C@@H](O)[C@H](N)c1cc(I)ccc1F. The van der Waals surface area contributed by atoms with E-state index in [0.717, 1.165) is 3.57 Å². The zero-order chi connectivity index (χ0) is 10.0. The van der Waals surface area contributed by atoms with Crippen molar-refractivity contribution in [3.8, 4) is 0 Å². The van der Waals surface area contributed by atoms with Crippen LogP contribution in [0.1, 0.15) is 18.5 Å². The maximum Gasteiger partial charge on any atom is 0.128 e. The van der Waals surface area contributed by atoms with Crippen molar-refractivity contribution < 1.29 is 9.50 Å². The Kier molecular flexibility index (Phi) is 3.63. The molecule has 0 radical (unpaired) electrons. The summed E-state index contributed by atoms with van der Waals surface area (Å²) in [5.74, 6) is -0.367. The first-order chi connectivity index (χ1) is 6.02. The van der Waals surface area contributed by atoms with E-state index in [0.29, 0.717) is 5.56 Å². The molecule has 0 aliphatic carbocycles. The Morgan fingerprint density at radius 2 is 2.15 bits per heavy atom. The minimum absolute atomic E-state index is 0.363. The molecule has 0 aromatic heterocycles. The first-order valence-corrected chi connectivity index (χ1v) is 4.99. The molecule has 0 amide bonds. The summed E-state index contributed by atoms with van der Waals surface area (Å²) in [6.45, 7) is 1.55. The van der Waals surface area contributed by atoms with E-state index in [1.54, 1.807) is 19.1 Å². The van der Waals surface area contributed by atoms with Gasteiger partial charge in [-0.2, -0.15) is 0 Å². The van der Waals surface area contributed by atoms with Gasteiger partial charge in [0.25, 0.3) is 0 Å². The van der Waals surface area contributed by atoms with Crippen LogP contribution in [0, 0.1) is 9.39 Å². The largest absolute Gasteiger partial charge is 0.391 e. The van der Waals surface area contributed by atoms with Gasteiger partial charge in [0.15, 0.2) is 0 Å². The molecule has 1 aromatic rings. The summed E-state index contributed by atoms with van der Waals surface area (Å²) in [6.07, 6.45) is -0.743. The zero-order valence-corrected chi connectivity index (χ0v) is 9.32. The van der Waals surface area contributed by atoms with Crippen molar-refractivity contribution in [2.45, 2.75) is 19.1 Å². The van der Waals surface area contributed by atoms with Gasteiger partial charge in [-0.1, -0.05) is 0 Å². The molecule has 0 aliphatic rings. The lowest BCUT2D eigenvalue weighted by molar-refractivity contribution is 0.162. The number of aliphatic hydroxyl groups excluding tert-OH is 1.